The monoisotopic (exact) mass is 261 g/mol. The number of nitrogens with one attached hydrogen (secondary N) is 1. The molecule has 17 heavy (non-hydrogen) atoms. The SMILES string of the molecule is COC(=O)c1cc(S(=O)(=O)NC(C)=O)oc1C. The van der Waals surface area contributed by atoms with Crippen molar-refractivity contribution in [1.29, 1.82) is 0 Å². The standard InChI is InChI=1S/C9H11NO6S/c1-5-7(9(12)15-3)4-8(16-5)17(13,14)10-6(2)11/h4H,1-3H3,(H,10,11). The zero-order valence-electron chi connectivity index (χ0n) is 9.44. The van der Waals surface area contributed by atoms with Gasteiger partial charge in [0.05, 0.1) is 7.11 Å². The highest BCUT2D eigenvalue weighted by Crippen LogP contribution is 2.19. The first-order valence-electron chi connectivity index (χ1n) is 4.50. The van der Waals surface area contributed by atoms with Crippen molar-refractivity contribution < 1.29 is 27.2 Å². The van der Waals surface area contributed by atoms with Crippen molar-refractivity contribution >= 4 is 21.9 Å². The molecule has 1 N–H and O–H groups in total. The fourth-order valence-corrected chi connectivity index (χ4v) is 2.13. The van der Waals surface area contributed by atoms with E-state index in [4.69, 9.17) is 4.42 Å². The maximum Gasteiger partial charge on any atom is 0.341 e. The van der Waals surface area contributed by atoms with Gasteiger partial charge in [0.1, 0.15) is 11.3 Å². The van der Waals surface area contributed by atoms with Crippen LogP contribution < -0.4 is 4.72 Å². The van der Waals surface area contributed by atoms with Gasteiger partial charge in [-0.1, -0.05) is 0 Å². The zero-order chi connectivity index (χ0) is 13.2. The number of furan rings is 1. The molecule has 0 aliphatic rings. The number of carbonyl (C=O) groups is 2. The highest BCUT2D eigenvalue weighted by atomic mass is 32.2. The van der Waals surface area contributed by atoms with Gasteiger partial charge in [-0.2, -0.15) is 8.42 Å². The van der Waals surface area contributed by atoms with Gasteiger partial charge in [0, 0.05) is 13.0 Å². The number of hydrogen-bond acceptors (Lipinski definition) is 6. The smallest absolute Gasteiger partial charge is 0.341 e. The van der Waals surface area contributed by atoms with Crippen LogP contribution in [0, 0.1) is 6.92 Å². The minimum atomic E-state index is -4.08. The lowest BCUT2D eigenvalue weighted by Gasteiger charge is -1.99. The van der Waals surface area contributed by atoms with E-state index in [1.54, 1.807) is 4.72 Å². The Kier molecular flexibility index (Phi) is 3.56. The lowest BCUT2D eigenvalue weighted by atomic mass is 10.3. The molecule has 0 radical (unpaired) electrons. The number of hydrogen-bond donors (Lipinski definition) is 1. The molecule has 8 heteroatoms. The van der Waals surface area contributed by atoms with Crippen LogP contribution in [-0.2, 0) is 19.6 Å². The minimum Gasteiger partial charge on any atom is -0.465 e. The molecule has 0 saturated heterocycles. The first-order chi connectivity index (χ1) is 7.77. The molecular weight excluding hydrogens is 250 g/mol. The second kappa shape index (κ2) is 4.58. The van der Waals surface area contributed by atoms with Gasteiger partial charge in [-0.3, -0.25) is 4.79 Å². The summed E-state index contributed by atoms with van der Waals surface area (Å²) in [7, 11) is -2.91. The Morgan fingerprint density at radius 1 is 1.41 bits per heavy atom. The molecule has 7 nitrogen and oxygen atoms in total. The minimum absolute atomic E-state index is 0.00331. The van der Waals surface area contributed by atoms with Crippen LogP contribution >= 0.6 is 0 Å². The van der Waals surface area contributed by atoms with Crippen LogP contribution in [0.5, 0.6) is 0 Å². The number of carbonyl (C=O) groups excluding carboxylic acids is 2. The van der Waals surface area contributed by atoms with Crippen molar-refractivity contribution in [2.24, 2.45) is 0 Å². The number of aryl methyl sites for hydroxylation is 1. The molecule has 0 aliphatic carbocycles. The summed E-state index contributed by atoms with van der Waals surface area (Å²) in [6.45, 7) is 2.47. The van der Waals surface area contributed by atoms with E-state index < -0.39 is 27.0 Å². The number of amides is 1. The van der Waals surface area contributed by atoms with Crippen LogP contribution in [0.25, 0.3) is 0 Å². The highest BCUT2D eigenvalue weighted by Gasteiger charge is 2.24. The van der Waals surface area contributed by atoms with Crippen molar-refractivity contribution in [2.45, 2.75) is 18.9 Å². The number of rotatable bonds is 3. The third-order valence-electron chi connectivity index (χ3n) is 1.84. The molecule has 0 aromatic carbocycles. The molecule has 0 saturated carbocycles. The predicted molar refractivity (Wildman–Crippen MR) is 55.8 cm³/mol. The van der Waals surface area contributed by atoms with Gasteiger partial charge in [-0.15, -0.1) is 0 Å². The summed E-state index contributed by atoms with van der Waals surface area (Å²) in [5.74, 6) is -1.37. The third-order valence-corrected chi connectivity index (χ3v) is 3.13. The van der Waals surface area contributed by atoms with Gasteiger partial charge in [-0.25, -0.2) is 9.52 Å². The summed E-state index contributed by atoms with van der Waals surface area (Å²) in [6.07, 6.45) is 0. The summed E-state index contributed by atoms with van der Waals surface area (Å²) in [6, 6.07) is 1.01. The van der Waals surface area contributed by atoms with Crippen molar-refractivity contribution in [2.75, 3.05) is 7.11 Å². The lowest BCUT2D eigenvalue weighted by molar-refractivity contribution is -0.117. The molecule has 0 aliphatic heterocycles. The fourth-order valence-electron chi connectivity index (χ4n) is 1.14. The number of sulfonamides is 1. The van der Waals surface area contributed by atoms with E-state index in [9.17, 15) is 18.0 Å². The normalized spacial score (nSPS) is 11.0. The molecule has 1 rings (SSSR count). The fraction of sp³-hybridized carbons (Fsp3) is 0.333. The first kappa shape index (κ1) is 13.2. The van der Waals surface area contributed by atoms with Crippen LogP contribution in [0.2, 0.25) is 0 Å². The van der Waals surface area contributed by atoms with Crippen LogP contribution in [0.1, 0.15) is 23.0 Å². The molecular formula is C9H11NO6S. The Balaban J connectivity index is 3.18. The van der Waals surface area contributed by atoms with Crippen LogP contribution in [0.3, 0.4) is 0 Å². The Labute approximate surface area is 97.8 Å². The van der Waals surface area contributed by atoms with E-state index >= 15 is 0 Å². The summed E-state index contributed by atoms with van der Waals surface area (Å²) >= 11 is 0. The Morgan fingerprint density at radius 2 is 2.00 bits per heavy atom. The third kappa shape index (κ3) is 2.84. The molecule has 0 bridgehead atoms. The summed E-state index contributed by atoms with van der Waals surface area (Å²) in [5.41, 5.74) is -0.00331. The summed E-state index contributed by atoms with van der Waals surface area (Å²) < 4.78 is 34.1. The number of ether oxygens (including phenoxy) is 1. The Bertz CT molecular complexity index is 556. The van der Waals surface area contributed by atoms with Crippen LogP contribution in [-0.4, -0.2) is 27.4 Å². The molecule has 0 spiro atoms. The molecule has 0 unspecified atom stereocenters. The first-order valence-corrected chi connectivity index (χ1v) is 5.98. The average Bonchev–Trinajstić information content (AvgIpc) is 2.58. The molecule has 1 aromatic heterocycles. The quantitative estimate of drug-likeness (QED) is 0.779. The largest absolute Gasteiger partial charge is 0.465 e. The van der Waals surface area contributed by atoms with E-state index in [1.165, 1.54) is 6.92 Å². The van der Waals surface area contributed by atoms with Crippen molar-refractivity contribution in [3.63, 3.8) is 0 Å². The van der Waals surface area contributed by atoms with Crippen molar-refractivity contribution in [3.8, 4) is 0 Å². The Morgan fingerprint density at radius 3 is 2.47 bits per heavy atom. The van der Waals surface area contributed by atoms with Gasteiger partial charge in [0.25, 0.3) is 10.0 Å². The number of methoxy groups -OCH3 is 1. The van der Waals surface area contributed by atoms with Gasteiger partial charge in [0.15, 0.2) is 0 Å². The molecule has 1 aromatic rings. The molecule has 94 valence electrons. The van der Waals surface area contributed by atoms with E-state index in [0.717, 1.165) is 20.1 Å². The predicted octanol–water partition coefficient (Wildman–Crippen LogP) is 0.199. The molecule has 1 heterocycles. The zero-order valence-corrected chi connectivity index (χ0v) is 10.3. The van der Waals surface area contributed by atoms with Gasteiger partial charge in [-0.05, 0) is 6.92 Å². The van der Waals surface area contributed by atoms with Gasteiger partial charge in [0.2, 0.25) is 11.0 Å². The number of esters is 1. The summed E-state index contributed by atoms with van der Waals surface area (Å²) in [5, 5.41) is -0.509. The highest BCUT2D eigenvalue weighted by molar-refractivity contribution is 7.89. The second-order valence-corrected chi connectivity index (χ2v) is 4.80. The van der Waals surface area contributed by atoms with E-state index in [1.807, 2.05) is 0 Å². The van der Waals surface area contributed by atoms with E-state index in [0.29, 0.717) is 0 Å². The topological polar surface area (TPSA) is 103 Å². The Hall–Kier alpha value is -1.83. The molecule has 1 amide bonds. The van der Waals surface area contributed by atoms with Gasteiger partial charge < -0.3 is 9.15 Å². The van der Waals surface area contributed by atoms with Crippen LogP contribution in [0.15, 0.2) is 15.6 Å². The van der Waals surface area contributed by atoms with E-state index in [2.05, 4.69) is 4.74 Å². The van der Waals surface area contributed by atoms with Gasteiger partial charge >= 0.3 is 5.97 Å². The average molecular weight is 261 g/mol. The van der Waals surface area contributed by atoms with Crippen molar-refractivity contribution in [3.05, 3.63) is 17.4 Å². The lowest BCUT2D eigenvalue weighted by Crippen LogP contribution is -2.27. The van der Waals surface area contributed by atoms with E-state index in [-0.39, 0.29) is 11.3 Å². The second-order valence-electron chi connectivity index (χ2n) is 3.19. The molecule has 0 fully saturated rings. The molecule has 0 atom stereocenters. The summed E-state index contributed by atoms with van der Waals surface area (Å²) in [4.78, 5) is 21.9. The van der Waals surface area contributed by atoms with Crippen molar-refractivity contribution in [1.82, 2.24) is 4.72 Å². The maximum absolute atomic E-state index is 11.5. The maximum atomic E-state index is 11.5. The van der Waals surface area contributed by atoms with Crippen LogP contribution in [0.4, 0.5) is 0 Å².